The molecule has 0 fully saturated rings. The standard InChI is InChI=1S/C14H11N5O2/c1-18-9-11(4-12(18)7-16)8-17-13-3-2-10(6-15)5-14(13)19(20)21/h2-5,9,17H,8H2,1H3. The van der Waals surface area contributed by atoms with E-state index in [0.29, 0.717) is 17.9 Å². The first-order valence-electron chi connectivity index (χ1n) is 6.03. The first-order valence-corrected chi connectivity index (χ1v) is 6.03. The number of benzene rings is 1. The first kappa shape index (κ1) is 14.1. The SMILES string of the molecule is Cn1cc(CNc2ccc(C#N)cc2[N+](=O)[O-])cc1C#N. The van der Waals surface area contributed by atoms with Gasteiger partial charge in [-0.1, -0.05) is 0 Å². The lowest BCUT2D eigenvalue weighted by atomic mass is 10.2. The smallest absolute Gasteiger partial charge is 0.293 e. The number of rotatable bonds is 4. The largest absolute Gasteiger partial charge is 0.375 e. The summed E-state index contributed by atoms with van der Waals surface area (Å²) in [6.07, 6.45) is 1.78. The van der Waals surface area contributed by atoms with Crippen molar-refractivity contribution < 1.29 is 4.92 Å². The zero-order valence-corrected chi connectivity index (χ0v) is 11.2. The van der Waals surface area contributed by atoms with Gasteiger partial charge in [-0.3, -0.25) is 10.1 Å². The Labute approximate surface area is 120 Å². The van der Waals surface area contributed by atoms with Gasteiger partial charge in [0.05, 0.1) is 16.6 Å². The number of hydrogen-bond donors (Lipinski definition) is 1. The van der Waals surface area contributed by atoms with Crippen LogP contribution in [0.1, 0.15) is 16.8 Å². The van der Waals surface area contributed by atoms with Crippen molar-refractivity contribution in [2.45, 2.75) is 6.54 Å². The summed E-state index contributed by atoms with van der Waals surface area (Å²) < 4.78 is 1.68. The van der Waals surface area contributed by atoms with Crippen LogP contribution in [0.3, 0.4) is 0 Å². The molecule has 1 heterocycles. The number of aromatic nitrogens is 1. The van der Waals surface area contributed by atoms with Crippen LogP contribution in [0, 0.1) is 32.8 Å². The van der Waals surface area contributed by atoms with Crippen molar-refractivity contribution in [1.82, 2.24) is 4.57 Å². The Morgan fingerprint density at radius 3 is 2.67 bits per heavy atom. The molecule has 1 aromatic heterocycles. The molecule has 21 heavy (non-hydrogen) atoms. The first-order chi connectivity index (χ1) is 10.0. The zero-order chi connectivity index (χ0) is 15.4. The van der Waals surface area contributed by atoms with E-state index in [9.17, 15) is 10.1 Å². The van der Waals surface area contributed by atoms with Gasteiger partial charge in [0.1, 0.15) is 17.5 Å². The third-order valence-electron chi connectivity index (χ3n) is 2.98. The number of hydrogen-bond acceptors (Lipinski definition) is 5. The van der Waals surface area contributed by atoms with Crippen LogP contribution in [0.2, 0.25) is 0 Å². The van der Waals surface area contributed by atoms with Gasteiger partial charge in [-0.2, -0.15) is 10.5 Å². The van der Waals surface area contributed by atoms with Gasteiger partial charge in [-0.25, -0.2) is 0 Å². The number of nitrogens with zero attached hydrogens (tertiary/aromatic N) is 4. The highest BCUT2D eigenvalue weighted by Gasteiger charge is 2.14. The van der Waals surface area contributed by atoms with Crippen LogP contribution in [-0.4, -0.2) is 9.49 Å². The molecule has 0 unspecified atom stereocenters. The highest BCUT2D eigenvalue weighted by molar-refractivity contribution is 5.64. The molecule has 2 aromatic rings. The Morgan fingerprint density at radius 2 is 2.10 bits per heavy atom. The summed E-state index contributed by atoms with van der Waals surface area (Å²) in [6.45, 7) is 0.349. The van der Waals surface area contributed by atoms with Crippen LogP contribution in [-0.2, 0) is 13.6 Å². The minimum atomic E-state index is -0.533. The van der Waals surface area contributed by atoms with Gasteiger partial charge in [-0.15, -0.1) is 0 Å². The molecule has 0 aliphatic carbocycles. The average Bonchev–Trinajstić information content (AvgIpc) is 2.85. The molecule has 0 aliphatic heterocycles. The summed E-state index contributed by atoms with van der Waals surface area (Å²) in [7, 11) is 1.76. The highest BCUT2D eigenvalue weighted by Crippen LogP contribution is 2.26. The lowest BCUT2D eigenvalue weighted by molar-refractivity contribution is -0.384. The molecule has 2 rings (SSSR count). The third-order valence-corrected chi connectivity index (χ3v) is 2.98. The number of nitriles is 2. The van der Waals surface area contributed by atoms with Crippen molar-refractivity contribution in [3.63, 3.8) is 0 Å². The average molecular weight is 281 g/mol. The fraction of sp³-hybridized carbons (Fsp3) is 0.143. The van der Waals surface area contributed by atoms with Gasteiger partial charge in [0.25, 0.3) is 5.69 Å². The molecule has 1 N–H and O–H groups in total. The molecule has 7 nitrogen and oxygen atoms in total. The molecular weight excluding hydrogens is 270 g/mol. The topological polar surface area (TPSA) is 108 Å². The minimum Gasteiger partial charge on any atom is -0.375 e. The van der Waals surface area contributed by atoms with E-state index in [1.807, 2.05) is 12.1 Å². The maximum atomic E-state index is 11.0. The number of anilines is 1. The van der Waals surface area contributed by atoms with E-state index in [2.05, 4.69) is 5.32 Å². The summed E-state index contributed by atoms with van der Waals surface area (Å²) in [5.74, 6) is 0. The van der Waals surface area contributed by atoms with E-state index in [1.165, 1.54) is 18.2 Å². The molecular formula is C14H11N5O2. The molecule has 0 saturated heterocycles. The van der Waals surface area contributed by atoms with Gasteiger partial charge in [0.2, 0.25) is 0 Å². The number of nitro benzene ring substituents is 1. The summed E-state index contributed by atoms with van der Waals surface area (Å²) in [6, 6.07) is 9.88. The number of aryl methyl sites for hydroxylation is 1. The Balaban J connectivity index is 2.22. The highest BCUT2D eigenvalue weighted by atomic mass is 16.6. The third kappa shape index (κ3) is 2.99. The number of nitro groups is 1. The molecule has 0 saturated carbocycles. The van der Waals surface area contributed by atoms with Crippen molar-refractivity contribution >= 4 is 11.4 Å². The molecule has 1 aromatic carbocycles. The summed E-state index contributed by atoms with van der Waals surface area (Å²) in [4.78, 5) is 10.5. The molecule has 0 radical (unpaired) electrons. The van der Waals surface area contributed by atoms with Crippen LogP contribution in [0.15, 0.2) is 30.5 Å². The Kier molecular flexibility index (Phi) is 3.87. The minimum absolute atomic E-state index is 0.148. The second-order valence-electron chi connectivity index (χ2n) is 4.41. The van der Waals surface area contributed by atoms with Gasteiger partial charge in [0, 0.05) is 25.9 Å². The van der Waals surface area contributed by atoms with E-state index in [1.54, 1.807) is 23.9 Å². The van der Waals surface area contributed by atoms with Gasteiger partial charge >= 0.3 is 0 Å². The van der Waals surface area contributed by atoms with E-state index in [-0.39, 0.29) is 11.3 Å². The summed E-state index contributed by atoms with van der Waals surface area (Å²) in [5, 5.41) is 31.6. The summed E-state index contributed by atoms with van der Waals surface area (Å²) in [5.41, 5.74) is 1.78. The van der Waals surface area contributed by atoms with Gasteiger partial charge in [0.15, 0.2) is 0 Å². The Bertz CT molecular complexity index is 780. The predicted molar refractivity (Wildman–Crippen MR) is 75.3 cm³/mol. The molecule has 7 heteroatoms. The second-order valence-corrected chi connectivity index (χ2v) is 4.41. The van der Waals surface area contributed by atoms with Crippen LogP contribution in [0.4, 0.5) is 11.4 Å². The molecule has 0 spiro atoms. The van der Waals surface area contributed by atoms with Crippen LogP contribution in [0.25, 0.3) is 0 Å². The zero-order valence-electron chi connectivity index (χ0n) is 11.2. The van der Waals surface area contributed by atoms with Crippen LogP contribution < -0.4 is 5.32 Å². The Morgan fingerprint density at radius 1 is 1.33 bits per heavy atom. The van der Waals surface area contributed by atoms with E-state index < -0.39 is 4.92 Å². The van der Waals surface area contributed by atoms with Crippen LogP contribution in [0.5, 0.6) is 0 Å². The van der Waals surface area contributed by atoms with Crippen LogP contribution >= 0.6 is 0 Å². The van der Waals surface area contributed by atoms with Crippen molar-refractivity contribution in [3.8, 4) is 12.1 Å². The molecule has 104 valence electrons. The van der Waals surface area contributed by atoms with E-state index >= 15 is 0 Å². The molecule has 0 bridgehead atoms. The second kappa shape index (κ2) is 5.76. The molecule has 0 amide bonds. The number of nitrogens with one attached hydrogen (secondary N) is 1. The van der Waals surface area contributed by atoms with Crippen molar-refractivity contribution in [3.05, 3.63) is 57.4 Å². The molecule has 0 atom stereocenters. The van der Waals surface area contributed by atoms with Gasteiger partial charge in [-0.05, 0) is 23.8 Å². The van der Waals surface area contributed by atoms with Crippen molar-refractivity contribution in [2.24, 2.45) is 7.05 Å². The maximum Gasteiger partial charge on any atom is 0.293 e. The maximum absolute atomic E-state index is 11.0. The fourth-order valence-electron chi connectivity index (χ4n) is 1.94. The van der Waals surface area contributed by atoms with E-state index in [0.717, 1.165) is 5.56 Å². The quantitative estimate of drug-likeness (QED) is 0.683. The normalized spacial score (nSPS) is 9.67. The molecule has 0 aliphatic rings. The lowest BCUT2D eigenvalue weighted by Crippen LogP contribution is -2.02. The van der Waals surface area contributed by atoms with E-state index in [4.69, 9.17) is 10.5 Å². The summed E-state index contributed by atoms with van der Waals surface area (Å²) >= 11 is 0. The van der Waals surface area contributed by atoms with Gasteiger partial charge < -0.3 is 9.88 Å². The fourth-order valence-corrected chi connectivity index (χ4v) is 1.94. The monoisotopic (exact) mass is 281 g/mol. The lowest BCUT2D eigenvalue weighted by Gasteiger charge is -2.06. The van der Waals surface area contributed by atoms with Crippen molar-refractivity contribution in [1.29, 1.82) is 10.5 Å². The predicted octanol–water partition coefficient (Wildman–Crippen LogP) is 2.29. The van der Waals surface area contributed by atoms with Crippen molar-refractivity contribution in [2.75, 3.05) is 5.32 Å². The Hall–Kier alpha value is -3.32.